The molecular formula is C13H18N2O4. The second-order valence-corrected chi connectivity index (χ2v) is 4.46. The van der Waals surface area contributed by atoms with Crippen LogP contribution in [0.15, 0.2) is 24.3 Å². The number of amides is 1. The van der Waals surface area contributed by atoms with Crippen LogP contribution in [-0.4, -0.2) is 53.7 Å². The Labute approximate surface area is 111 Å². The minimum Gasteiger partial charge on any atom is -0.468 e. The molecule has 1 aromatic carbocycles. The normalized spacial score (nSPS) is 19.2. The fraction of sp³-hybridized carbons (Fsp3) is 0.462. The molecule has 2 rings (SSSR count). The summed E-state index contributed by atoms with van der Waals surface area (Å²) in [4.78, 5) is 12.6. The van der Waals surface area contributed by atoms with E-state index in [2.05, 4.69) is 5.32 Å². The molecule has 1 unspecified atom stereocenters. The van der Waals surface area contributed by atoms with Crippen LogP contribution in [0.3, 0.4) is 0 Å². The van der Waals surface area contributed by atoms with Crippen LogP contribution >= 0.6 is 0 Å². The topological polar surface area (TPSA) is 82.0 Å². The van der Waals surface area contributed by atoms with Crippen molar-refractivity contribution >= 4 is 6.09 Å². The van der Waals surface area contributed by atoms with Gasteiger partial charge >= 0.3 is 6.09 Å². The van der Waals surface area contributed by atoms with E-state index < -0.39 is 6.09 Å². The number of hydrogen-bond donors (Lipinski definition) is 3. The number of carbonyl (C=O) groups is 1. The maximum absolute atomic E-state index is 11.2. The molecule has 1 heterocycles. The summed E-state index contributed by atoms with van der Waals surface area (Å²) >= 11 is 0. The van der Waals surface area contributed by atoms with Gasteiger partial charge in [-0.25, -0.2) is 4.79 Å². The Morgan fingerprint density at radius 2 is 2.37 bits per heavy atom. The first kappa shape index (κ1) is 13.6. The van der Waals surface area contributed by atoms with Gasteiger partial charge in [0.15, 0.2) is 6.79 Å². The van der Waals surface area contributed by atoms with E-state index in [0.29, 0.717) is 31.8 Å². The minimum absolute atomic E-state index is 0.0735. The number of benzene rings is 1. The molecule has 0 radical (unpaired) electrons. The number of aliphatic hydroxyl groups excluding tert-OH is 1. The molecule has 19 heavy (non-hydrogen) atoms. The molecule has 3 N–H and O–H groups in total. The summed E-state index contributed by atoms with van der Waals surface area (Å²) in [6, 6.07) is 7.27. The van der Waals surface area contributed by atoms with E-state index >= 15 is 0 Å². The molecule has 0 aliphatic carbocycles. The van der Waals surface area contributed by atoms with Gasteiger partial charge in [0.1, 0.15) is 5.75 Å². The van der Waals surface area contributed by atoms with E-state index in [1.54, 1.807) is 6.07 Å². The van der Waals surface area contributed by atoms with Crippen LogP contribution in [0.4, 0.5) is 4.79 Å². The predicted molar refractivity (Wildman–Crippen MR) is 69.2 cm³/mol. The lowest BCUT2D eigenvalue weighted by molar-refractivity contribution is 0.0984. The highest BCUT2D eigenvalue weighted by molar-refractivity contribution is 5.65. The van der Waals surface area contributed by atoms with Crippen LogP contribution < -0.4 is 10.1 Å². The quantitative estimate of drug-likeness (QED) is 0.692. The molecule has 0 saturated carbocycles. The second kappa shape index (κ2) is 6.40. The first-order valence-electron chi connectivity index (χ1n) is 6.23. The molecule has 6 nitrogen and oxygen atoms in total. The van der Waals surface area contributed by atoms with Gasteiger partial charge in [0.2, 0.25) is 0 Å². The number of carboxylic acid groups (broad SMARTS) is 1. The maximum atomic E-state index is 11.2. The molecule has 1 fully saturated rings. The molecule has 1 saturated heterocycles. The molecule has 104 valence electrons. The van der Waals surface area contributed by atoms with Crippen LogP contribution in [0.25, 0.3) is 0 Å². The second-order valence-electron chi connectivity index (χ2n) is 4.46. The summed E-state index contributed by atoms with van der Waals surface area (Å²) in [5.74, 6) is 0.589. The van der Waals surface area contributed by atoms with Crippen molar-refractivity contribution < 1.29 is 19.7 Å². The molecule has 0 aromatic heterocycles. The summed E-state index contributed by atoms with van der Waals surface area (Å²) in [5, 5.41) is 21.1. The van der Waals surface area contributed by atoms with Crippen LogP contribution in [0.5, 0.6) is 5.75 Å². The zero-order valence-electron chi connectivity index (χ0n) is 10.6. The molecule has 1 aliphatic rings. The number of ether oxygens (including phenoxy) is 1. The van der Waals surface area contributed by atoms with Crippen LogP contribution in [0.2, 0.25) is 0 Å². The lowest BCUT2D eigenvalue weighted by Crippen LogP contribution is -2.54. The Bertz CT molecular complexity index is 438. The predicted octanol–water partition coefficient (Wildman–Crippen LogP) is 0.509. The van der Waals surface area contributed by atoms with E-state index in [9.17, 15) is 4.79 Å². The fourth-order valence-corrected chi connectivity index (χ4v) is 2.30. The third-order valence-electron chi connectivity index (χ3n) is 3.20. The van der Waals surface area contributed by atoms with E-state index in [1.165, 1.54) is 4.90 Å². The van der Waals surface area contributed by atoms with Crippen molar-refractivity contribution in [2.45, 2.75) is 12.5 Å². The van der Waals surface area contributed by atoms with Crippen LogP contribution in [-0.2, 0) is 6.42 Å². The number of piperazine rings is 1. The summed E-state index contributed by atoms with van der Waals surface area (Å²) < 4.78 is 5.02. The molecular weight excluding hydrogens is 248 g/mol. The third-order valence-corrected chi connectivity index (χ3v) is 3.20. The van der Waals surface area contributed by atoms with Gasteiger partial charge in [0.25, 0.3) is 0 Å². The van der Waals surface area contributed by atoms with Gasteiger partial charge in [-0.05, 0) is 24.1 Å². The van der Waals surface area contributed by atoms with Gasteiger partial charge in [-0.2, -0.15) is 0 Å². The Hall–Kier alpha value is -1.79. The molecule has 0 spiro atoms. The van der Waals surface area contributed by atoms with E-state index in [4.69, 9.17) is 14.9 Å². The van der Waals surface area contributed by atoms with E-state index in [-0.39, 0.29) is 12.8 Å². The number of aliphatic hydroxyl groups is 1. The molecule has 1 aliphatic heterocycles. The molecule has 1 atom stereocenters. The van der Waals surface area contributed by atoms with Gasteiger partial charge in [-0.3, -0.25) is 0 Å². The Balaban J connectivity index is 2.06. The standard InChI is InChI=1S/C13H18N2O4/c16-9-19-12-3-1-2-10(7-12)6-11-8-14-4-5-15(11)13(17)18/h1-3,7,11,14,16H,4-6,8-9H2,(H,17,18). The fourth-order valence-electron chi connectivity index (χ4n) is 2.30. The monoisotopic (exact) mass is 266 g/mol. The van der Waals surface area contributed by atoms with Crippen molar-refractivity contribution in [3.05, 3.63) is 29.8 Å². The lowest BCUT2D eigenvalue weighted by Gasteiger charge is -2.34. The summed E-state index contributed by atoms with van der Waals surface area (Å²) in [6.45, 7) is 1.48. The van der Waals surface area contributed by atoms with Crippen molar-refractivity contribution in [3.8, 4) is 5.75 Å². The van der Waals surface area contributed by atoms with Gasteiger partial charge in [0.05, 0.1) is 6.04 Å². The zero-order chi connectivity index (χ0) is 13.7. The Kier molecular flexibility index (Phi) is 4.59. The zero-order valence-corrected chi connectivity index (χ0v) is 10.6. The lowest BCUT2D eigenvalue weighted by atomic mass is 10.0. The van der Waals surface area contributed by atoms with Gasteiger partial charge in [-0.1, -0.05) is 12.1 Å². The summed E-state index contributed by atoms with van der Waals surface area (Å²) in [7, 11) is 0. The van der Waals surface area contributed by atoms with E-state index in [0.717, 1.165) is 5.56 Å². The highest BCUT2D eigenvalue weighted by atomic mass is 16.6. The summed E-state index contributed by atoms with van der Waals surface area (Å²) in [6.07, 6.45) is -0.253. The Morgan fingerprint density at radius 1 is 1.53 bits per heavy atom. The van der Waals surface area contributed by atoms with Gasteiger partial charge < -0.3 is 25.2 Å². The van der Waals surface area contributed by atoms with Crippen molar-refractivity contribution in [1.82, 2.24) is 10.2 Å². The molecule has 1 aromatic rings. The van der Waals surface area contributed by atoms with Crippen molar-refractivity contribution in [1.29, 1.82) is 0 Å². The molecule has 1 amide bonds. The highest BCUT2D eigenvalue weighted by Crippen LogP contribution is 2.17. The van der Waals surface area contributed by atoms with E-state index in [1.807, 2.05) is 18.2 Å². The van der Waals surface area contributed by atoms with Crippen molar-refractivity contribution in [2.24, 2.45) is 0 Å². The number of hydrogen-bond acceptors (Lipinski definition) is 4. The Morgan fingerprint density at radius 3 is 3.11 bits per heavy atom. The summed E-state index contributed by atoms with van der Waals surface area (Å²) in [5.41, 5.74) is 0.992. The largest absolute Gasteiger partial charge is 0.468 e. The average molecular weight is 266 g/mol. The van der Waals surface area contributed by atoms with Gasteiger partial charge in [0, 0.05) is 19.6 Å². The first-order valence-corrected chi connectivity index (χ1v) is 6.23. The minimum atomic E-state index is -0.880. The van der Waals surface area contributed by atoms with Crippen LogP contribution in [0.1, 0.15) is 5.56 Å². The maximum Gasteiger partial charge on any atom is 0.407 e. The highest BCUT2D eigenvalue weighted by Gasteiger charge is 2.26. The average Bonchev–Trinajstić information content (AvgIpc) is 2.40. The number of nitrogens with zero attached hydrogens (tertiary/aromatic N) is 1. The van der Waals surface area contributed by atoms with Crippen LogP contribution in [0, 0.1) is 0 Å². The SMILES string of the molecule is O=C(O)N1CCNCC1Cc1cccc(OCO)c1. The molecule has 0 bridgehead atoms. The smallest absolute Gasteiger partial charge is 0.407 e. The van der Waals surface area contributed by atoms with Crippen molar-refractivity contribution in [3.63, 3.8) is 0 Å². The number of rotatable bonds is 4. The first-order chi connectivity index (χ1) is 9.20. The van der Waals surface area contributed by atoms with Gasteiger partial charge in [-0.15, -0.1) is 0 Å². The third kappa shape index (κ3) is 3.59. The molecule has 6 heteroatoms. The number of nitrogens with one attached hydrogen (secondary N) is 1. The van der Waals surface area contributed by atoms with Crippen molar-refractivity contribution in [2.75, 3.05) is 26.4 Å².